The zero-order chi connectivity index (χ0) is 28.6. The summed E-state index contributed by atoms with van der Waals surface area (Å²) in [6.45, 7) is 1.68. The van der Waals surface area contributed by atoms with Crippen LogP contribution in [-0.2, 0) is 25.7 Å². The fourth-order valence-corrected chi connectivity index (χ4v) is 7.31. The predicted octanol–water partition coefficient (Wildman–Crippen LogP) is 4.12. The quantitative estimate of drug-likeness (QED) is 0.412. The van der Waals surface area contributed by atoms with Gasteiger partial charge in [0.1, 0.15) is 11.6 Å². The van der Waals surface area contributed by atoms with E-state index in [1.807, 2.05) is 61.7 Å². The summed E-state index contributed by atoms with van der Waals surface area (Å²) in [6.07, 6.45) is 8.44. The molecule has 0 aromatic heterocycles. The number of carbonyl (C=O) groups is 3. The molecule has 9 heteroatoms. The number of anilines is 1. The second-order valence-electron chi connectivity index (χ2n) is 11.8. The van der Waals surface area contributed by atoms with Gasteiger partial charge in [-0.3, -0.25) is 14.4 Å². The van der Waals surface area contributed by atoms with Crippen molar-refractivity contribution in [1.29, 1.82) is 0 Å². The molecule has 4 aliphatic rings. The molecule has 2 aromatic rings. The van der Waals surface area contributed by atoms with E-state index in [-0.39, 0.29) is 23.8 Å². The first-order chi connectivity index (χ1) is 19.9. The molecule has 2 aromatic carbocycles. The van der Waals surface area contributed by atoms with Crippen molar-refractivity contribution in [1.82, 2.24) is 15.1 Å². The Morgan fingerprint density at radius 1 is 1.05 bits per heavy atom. The molecule has 3 heterocycles. The molecule has 2 bridgehead atoms. The number of carbonyl (C=O) groups excluding carboxylic acids is 3. The Bertz CT molecular complexity index is 1310. The van der Waals surface area contributed by atoms with E-state index in [1.54, 1.807) is 4.90 Å². The first-order valence-electron chi connectivity index (χ1n) is 14.6. The van der Waals surface area contributed by atoms with Crippen LogP contribution in [0, 0.1) is 11.8 Å². The Kier molecular flexibility index (Phi) is 8.03. The van der Waals surface area contributed by atoms with Crippen molar-refractivity contribution in [3.05, 3.63) is 76.8 Å². The van der Waals surface area contributed by atoms with Crippen LogP contribution in [0.15, 0.2) is 71.2 Å². The monoisotopic (exact) mass is 620 g/mol. The van der Waals surface area contributed by atoms with Crippen molar-refractivity contribution in [2.24, 2.45) is 11.8 Å². The Balaban J connectivity index is 1.24. The van der Waals surface area contributed by atoms with Gasteiger partial charge in [0.2, 0.25) is 17.7 Å². The molecule has 8 nitrogen and oxygen atoms in total. The zero-order valence-corrected chi connectivity index (χ0v) is 24.9. The van der Waals surface area contributed by atoms with E-state index in [0.717, 1.165) is 36.7 Å². The van der Waals surface area contributed by atoms with E-state index in [4.69, 9.17) is 4.74 Å². The molecule has 0 unspecified atom stereocenters. The van der Waals surface area contributed by atoms with E-state index in [2.05, 4.69) is 43.6 Å². The summed E-state index contributed by atoms with van der Waals surface area (Å²) < 4.78 is 7.39. The van der Waals surface area contributed by atoms with Crippen LogP contribution in [0.2, 0.25) is 0 Å². The van der Waals surface area contributed by atoms with Crippen LogP contribution in [0.1, 0.15) is 37.7 Å². The molecule has 6 rings (SSSR count). The van der Waals surface area contributed by atoms with E-state index in [1.165, 1.54) is 12.0 Å². The van der Waals surface area contributed by atoms with Gasteiger partial charge >= 0.3 is 0 Å². The Morgan fingerprint density at radius 3 is 2.51 bits per heavy atom. The molecule has 41 heavy (non-hydrogen) atoms. The van der Waals surface area contributed by atoms with Gasteiger partial charge in [-0.2, -0.15) is 0 Å². The number of amides is 3. The van der Waals surface area contributed by atoms with Gasteiger partial charge in [-0.05, 0) is 49.7 Å². The minimum absolute atomic E-state index is 0.100. The number of fused-ring (bicyclic) bond motifs is 1. The van der Waals surface area contributed by atoms with Crippen LogP contribution in [-0.4, -0.2) is 71.4 Å². The number of ether oxygens (including phenoxy) is 1. The number of nitrogens with one attached hydrogen (secondary N) is 2. The summed E-state index contributed by atoms with van der Waals surface area (Å²) in [5, 5.41) is 6.23. The SMILES string of the molecule is CN(CCN1C(=O)[C@@H]2[C@H](C(=O)Nc3ccc(Br)cc3)[C@@H]3C=C[C@@]2(O3)[C@@H]1C(=O)NC1CCCCC1)Cc1ccccc1. The highest BCUT2D eigenvalue weighted by atomic mass is 79.9. The lowest BCUT2D eigenvalue weighted by Gasteiger charge is -2.34. The summed E-state index contributed by atoms with van der Waals surface area (Å²) in [4.78, 5) is 45.6. The molecule has 2 saturated heterocycles. The highest BCUT2D eigenvalue weighted by molar-refractivity contribution is 9.10. The summed E-state index contributed by atoms with van der Waals surface area (Å²) in [5.41, 5.74) is 0.676. The smallest absolute Gasteiger partial charge is 0.246 e. The Hall–Kier alpha value is -3.01. The summed E-state index contributed by atoms with van der Waals surface area (Å²) in [7, 11) is 2.01. The van der Waals surface area contributed by atoms with E-state index < -0.39 is 29.6 Å². The average molecular weight is 622 g/mol. The molecule has 1 spiro atoms. The maximum atomic E-state index is 14.2. The van der Waals surface area contributed by atoms with Gasteiger partial charge in [0.15, 0.2) is 0 Å². The normalized spacial score (nSPS) is 28.8. The highest BCUT2D eigenvalue weighted by Crippen LogP contribution is 2.55. The van der Waals surface area contributed by atoms with Crippen molar-refractivity contribution >= 4 is 39.3 Å². The second kappa shape index (κ2) is 11.7. The zero-order valence-electron chi connectivity index (χ0n) is 23.3. The number of likely N-dealkylation sites (tertiary alicyclic amines) is 1. The first-order valence-corrected chi connectivity index (χ1v) is 15.4. The Labute approximate surface area is 249 Å². The van der Waals surface area contributed by atoms with Crippen LogP contribution in [0.5, 0.6) is 0 Å². The molecular formula is C32H37BrN4O4. The van der Waals surface area contributed by atoms with E-state index in [0.29, 0.717) is 18.8 Å². The van der Waals surface area contributed by atoms with Gasteiger partial charge in [-0.25, -0.2) is 0 Å². The molecule has 0 radical (unpaired) electrons. The molecule has 2 N–H and O–H groups in total. The lowest BCUT2D eigenvalue weighted by Crippen LogP contribution is -2.57. The number of hydrogen-bond donors (Lipinski definition) is 2. The van der Waals surface area contributed by atoms with Crippen LogP contribution in [0.3, 0.4) is 0 Å². The topological polar surface area (TPSA) is 91.0 Å². The highest BCUT2D eigenvalue weighted by Gasteiger charge is 2.72. The van der Waals surface area contributed by atoms with Crippen LogP contribution in [0.4, 0.5) is 5.69 Å². The molecule has 3 amide bonds. The third kappa shape index (κ3) is 5.47. The second-order valence-corrected chi connectivity index (χ2v) is 12.7. The number of halogens is 1. The molecular weight excluding hydrogens is 584 g/mol. The van der Waals surface area contributed by atoms with Gasteiger partial charge in [0.05, 0.1) is 17.9 Å². The summed E-state index contributed by atoms with van der Waals surface area (Å²) >= 11 is 3.42. The number of benzene rings is 2. The Morgan fingerprint density at radius 2 is 1.78 bits per heavy atom. The standard InChI is InChI=1S/C32H37BrN4O4/c1-36(20-21-8-4-2-5-9-21)18-19-37-28(30(39)35-23-10-6-3-7-11-23)32-17-16-25(41-32)26(27(32)31(37)40)29(38)34-24-14-12-22(33)13-15-24/h2,4-5,8-9,12-17,23,25-28H,3,6-7,10-11,18-20H2,1H3,(H,34,38)(H,35,39)/t25-,26+,27-,28-,32-/m0/s1. The van der Waals surface area contributed by atoms with Crippen LogP contribution in [0.25, 0.3) is 0 Å². The third-order valence-corrected chi connectivity index (χ3v) is 9.53. The molecule has 3 fully saturated rings. The minimum Gasteiger partial charge on any atom is -0.359 e. The summed E-state index contributed by atoms with van der Waals surface area (Å²) in [5.74, 6) is -2.11. The van der Waals surface area contributed by atoms with Crippen molar-refractivity contribution in [2.75, 3.05) is 25.5 Å². The van der Waals surface area contributed by atoms with E-state index in [9.17, 15) is 14.4 Å². The van der Waals surface area contributed by atoms with Gasteiger partial charge < -0.3 is 25.2 Å². The fraction of sp³-hybridized carbons (Fsp3) is 0.469. The van der Waals surface area contributed by atoms with Crippen molar-refractivity contribution < 1.29 is 19.1 Å². The van der Waals surface area contributed by atoms with Crippen LogP contribution < -0.4 is 10.6 Å². The van der Waals surface area contributed by atoms with Gasteiger partial charge in [-0.15, -0.1) is 0 Å². The third-order valence-electron chi connectivity index (χ3n) is 9.01. The van der Waals surface area contributed by atoms with Gasteiger partial charge in [0.25, 0.3) is 0 Å². The fourth-order valence-electron chi connectivity index (χ4n) is 7.05. The van der Waals surface area contributed by atoms with Crippen LogP contribution >= 0.6 is 15.9 Å². The molecule has 3 aliphatic heterocycles. The first kappa shape index (κ1) is 28.1. The lowest BCUT2D eigenvalue weighted by atomic mass is 9.74. The van der Waals surface area contributed by atoms with Gasteiger partial charge in [-0.1, -0.05) is 77.7 Å². The molecule has 1 saturated carbocycles. The number of nitrogens with zero attached hydrogens (tertiary/aromatic N) is 2. The van der Waals surface area contributed by atoms with Gasteiger partial charge in [0, 0.05) is 35.8 Å². The largest absolute Gasteiger partial charge is 0.359 e. The number of rotatable bonds is 9. The van der Waals surface area contributed by atoms with Crippen molar-refractivity contribution in [3.63, 3.8) is 0 Å². The lowest BCUT2D eigenvalue weighted by molar-refractivity contribution is -0.141. The van der Waals surface area contributed by atoms with Crippen molar-refractivity contribution in [3.8, 4) is 0 Å². The molecule has 216 valence electrons. The maximum Gasteiger partial charge on any atom is 0.246 e. The molecule has 1 aliphatic carbocycles. The number of likely N-dealkylation sites (N-methyl/N-ethyl adjacent to an activating group) is 1. The minimum atomic E-state index is -1.15. The average Bonchev–Trinajstić information content (AvgIpc) is 3.61. The summed E-state index contributed by atoms with van der Waals surface area (Å²) in [6, 6.07) is 16.8. The predicted molar refractivity (Wildman–Crippen MR) is 160 cm³/mol. The van der Waals surface area contributed by atoms with Crippen molar-refractivity contribution in [2.45, 2.75) is 62.4 Å². The van der Waals surface area contributed by atoms with E-state index >= 15 is 0 Å². The molecule has 5 atom stereocenters. The maximum absolute atomic E-state index is 14.2. The number of hydrogen-bond acceptors (Lipinski definition) is 5.